The predicted octanol–water partition coefficient (Wildman–Crippen LogP) is 1.71. The molecule has 1 aromatic rings. The second-order valence-corrected chi connectivity index (χ2v) is 4.57. The third-order valence-electron chi connectivity index (χ3n) is 2.09. The molecule has 0 radical (unpaired) electrons. The maximum atomic E-state index is 11.7. The first-order valence-corrected chi connectivity index (χ1v) is 5.53. The van der Waals surface area contributed by atoms with Crippen LogP contribution in [0.25, 0.3) is 0 Å². The van der Waals surface area contributed by atoms with Crippen molar-refractivity contribution >= 4 is 29.0 Å². The number of carbonyl (C=O) groups is 1. The number of halogens is 2. The molecule has 82 valence electrons. The van der Waals surface area contributed by atoms with Crippen molar-refractivity contribution in [2.24, 2.45) is 0 Å². The molecule has 0 atom stereocenters. The molecule has 1 aromatic carbocycles. The summed E-state index contributed by atoms with van der Waals surface area (Å²) in [5.74, 6) is 0.106. The molecule has 0 saturated carbocycles. The van der Waals surface area contributed by atoms with Gasteiger partial charge in [-0.2, -0.15) is 0 Å². The molecule has 0 aliphatic carbocycles. The fourth-order valence-corrected chi connectivity index (χ4v) is 1.48. The number of nitrogens with one attached hydrogen (secondary N) is 1. The standard InChI is InChI=1S/C11H13Cl2NO/c1-14(2)6-5-11(15)8-3-4-9(12)10(13)7-8/h3-4,7H,5-6H2,1-2H3/p+1. The molecule has 0 spiro atoms. The molecule has 1 rings (SSSR count). The van der Waals surface area contributed by atoms with Crippen LogP contribution in [0.15, 0.2) is 18.2 Å². The summed E-state index contributed by atoms with van der Waals surface area (Å²) >= 11 is 11.6. The lowest BCUT2D eigenvalue weighted by Gasteiger charge is -2.06. The highest BCUT2D eigenvalue weighted by atomic mass is 35.5. The van der Waals surface area contributed by atoms with Crippen LogP contribution in [0.4, 0.5) is 0 Å². The van der Waals surface area contributed by atoms with Crippen LogP contribution in [0.2, 0.25) is 10.0 Å². The van der Waals surface area contributed by atoms with Gasteiger partial charge >= 0.3 is 0 Å². The third-order valence-corrected chi connectivity index (χ3v) is 2.83. The van der Waals surface area contributed by atoms with Crippen molar-refractivity contribution in [2.45, 2.75) is 6.42 Å². The second-order valence-electron chi connectivity index (χ2n) is 3.76. The van der Waals surface area contributed by atoms with Gasteiger partial charge < -0.3 is 4.90 Å². The minimum Gasteiger partial charge on any atom is -0.339 e. The zero-order valence-corrected chi connectivity index (χ0v) is 10.3. The van der Waals surface area contributed by atoms with Gasteiger partial charge in [0.2, 0.25) is 0 Å². The van der Waals surface area contributed by atoms with Crippen LogP contribution in [0.3, 0.4) is 0 Å². The van der Waals surface area contributed by atoms with E-state index in [-0.39, 0.29) is 5.78 Å². The van der Waals surface area contributed by atoms with E-state index < -0.39 is 0 Å². The minimum absolute atomic E-state index is 0.106. The van der Waals surface area contributed by atoms with E-state index >= 15 is 0 Å². The van der Waals surface area contributed by atoms with Crippen molar-refractivity contribution in [3.05, 3.63) is 33.8 Å². The molecule has 2 nitrogen and oxygen atoms in total. The first-order valence-electron chi connectivity index (χ1n) is 4.78. The number of rotatable bonds is 4. The highest BCUT2D eigenvalue weighted by molar-refractivity contribution is 6.42. The Morgan fingerprint density at radius 3 is 2.47 bits per heavy atom. The molecule has 0 bridgehead atoms. The van der Waals surface area contributed by atoms with Gasteiger partial charge in [0.1, 0.15) is 0 Å². The highest BCUT2D eigenvalue weighted by Gasteiger charge is 2.09. The lowest BCUT2D eigenvalue weighted by atomic mass is 10.1. The molecule has 1 N–H and O–H groups in total. The maximum Gasteiger partial charge on any atom is 0.168 e. The Bertz CT molecular complexity index is 364. The van der Waals surface area contributed by atoms with Gasteiger partial charge in [-0.15, -0.1) is 0 Å². The predicted molar refractivity (Wildman–Crippen MR) is 63.1 cm³/mol. The van der Waals surface area contributed by atoms with Crippen molar-refractivity contribution in [3.63, 3.8) is 0 Å². The minimum atomic E-state index is 0.106. The first kappa shape index (κ1) is 12.5. The van der Waals surface area contributed by atoms with Gasteiger partial charge in [0, 0.05) is 5.56 Å². The molecule has 0 heterocycles. The zero-order valence-electron chi connectivity index (χ0n) is 8.81. The van der Waals surface area contributed by atoms with Gasteiger partial charge in [-0.3, -0.25) is 4.79 Å². The second kappa shape index (κ2) is 5.50. The number of benzene rings is 1. The van der Waals surface area contributed by atoms with E-state index in [1.807, 2.05) is 14.1 Å². The van der Waals surface area contributed by atoms with E-state index in [9.17, 15) is 4.79 Å². The maximum absolute atomic E-state index is 11.7. The molecule has 0 unspecified atom stereocenters. The Morgan fingerprint density at radius 2 is 1.93 bits per heavy atom. The highest BCUT2D eigenvalue weighted by Crippen LogP contribution is 2.22. The molecule has 0 aliphatic rings. The quantitative estimate of drug-likeness (QED) is 0.803. The average molecular weight is 247 g/mol. The Labute approximate surface area is 99.8 Å². The number of ketones is 1. The van der Waals surface area contributed by atoms with Gasteiger partial charge in [0.15, 0.2) is 5.78 Å². The Morgan fingerprint density at radius 1 is 1.27 bits per heavy atom. The van der Waals surface area contributed by atoms with E-state index in [0.29, 0.717) is 22.0 Å². The molecule has 0 aromatic heterocycles. The summed E-state index contributed by atoms with van der Waals surface area (Å²) < 4.78 is 0. The number of hydrogen-bond acceptors (Lipinski definition) is 1. The molecule has 0 saturated heterocycles. The summed E-state index contributed by atoms with van der Waals surface area (Å²) in [4.78, 5) is 13.0. The number of Topliss-reactive ketones (excluding diaryl/α,β-unsaturated/α-hetero) is 1. The molecular formula is C11H14Cl2NO+. The van der Waals surface area contributed by atoms with Crippen molar-refractivity contribution in [1.82, 2.24) is 0 Å². The molecule has 15 heavy (non-hydrogen) atoms. The normalized spacial score (nSPS) is 10.7. The Hall–Kier alpha value is -0.570. The van der Waals surface area contributed by atoms with Gasteiger partial charge in [0.05, 0.1) is 37.1 Å². The van der Waals surface area contributed by atoms with Crippen LogP contribution >= 0.6 is 23.2 Å². The van der Waals surface area contributed by atoms with Crippen molar-refractivity contribution in [3.8, 4) is 0 Å². The topological polar surface area (TPSA) is 21.5 Å². The number of carbonyl (C=O) groups excluding carboxylic acids is 1. The van der Waals surface area contributed by atoms with Crippen LogP contribution in [0.5, 0.6) is 0 Å². The number of quaternary nitrogens is 1. The summed E-state index contributed by atoms with van der Waals surface area (Å²) in [5.41, 5.74) is 0.630. The molecule has 0 aliphatic heterocycles. The summed E-state index contributed by atoms with van der Waals surface area (Å²) in [6, 6.07) is 4.98. The van der Waals surface area contributed by atoms with Crippen LogP contribution in [0.1, 0.15) is 16.8 Å². The van der Waals surface area contributed by atoms with Crippen LogP contribution in [-0.4, -0.2) is 26.4 Å². The zero-order chi connectivity index (χ0) is 11.4. The molecule has 0 amide bonds. The van der Waals surface area contributed by atoms with Crippen LogP contribution in [-0.2, 0) is 0 Å². The molecular weight excluding hydrogens is 233 g/mol. The molecule has 4 heteroatoms. The lowest BCUT2D eigenvalue weighted by molar-refractivity contribution is -0.857. The molecule has 0 fully saturated rings. The van der Waals surface area contributed by atoms with E-state index in [4.69, 9.17) is 23.2 Å². The third kappa shape index (κ3) is 3.82. The van der Waals surface area contributed by atoms with Gasteiger partial charge in [0.25, 0.3) is 0 Å². The largest absolute Gasteiger partial charge is 0.339 e. The summed E-state index contributed by atoms with van der Waals surface area (Å²) in [5, 5.41) is 0.908. The average Bonchev–Trinajstić information content (AvgIpc) is 2.18. The van der Waals surface area contributed by atoms with Crippen LogP contribution < -0.4 is 4.90 Å². The van der Waals surface area contributed by atoms with E-state index in [0.717, 1.165) is 6.54 Å². The van der Waals surface area contributed by atoms with Crippen molar-refractivity contribution < 1.29 is 9.69 Å². The van der Waals surface area contributed by atoms with E-state index in [2.05, 4.69) is 0 Å². The Balaban J connectivity index is 2.70. The number of hydrogen-bond donors (Lipinski definition) is 1. The van der Waals surface area contributed by atoms with E-state index in [1.54, 1.807) is 18.2 Å². The lowest BCUT2D eigenvalue weighted by Crippen LogP contribution is -3.05. The summed E-state index contributed by atoms with van der Waals surface area (Å²) in [6.45, 7) is 0.819. The van der Waals surface area contributed by atoms with Crippen molar-refractivity contribution in [2.75, 3.05) is 20.6 Å². The SMILES string of the molecule is C[NH+](C)CCC(=O)c1ccc(Cl)c(Cl)c1. The fraction of sp³-hybridized carbons (Fsp3) is 0.364. The van der Waals surface area contributed by atoms with Crippen LogP contribution in [0, 0.1) is 0 Å². The van der Waals surface area contributed by atoms with Gasteiger partial charge in [-0.25, -0.2) is 0 Å². The first-order chi connectivity index (χ1) is 7.00. The van der Waals surface area contributed by atoms with Gasteiger partial charge in [-0.05, 0) is 18.2 Å². The van der Waals surface area contributed by atoms with E-state index in [1.165, 1.54) is 4.90 Å². The Kier molecular flexibility index (Phi) is 4.58. The summed E-state index contributed by atoms with van der Waals surface area (Å²) in [6.07, 6.45) is 0.528. The fourth-order valence-electron chi connectivity index (χ4n) is 1.18. The van der Waals surface area contributed by atoms with Crippen molar-refractivity contribution in [1.29, 1.82) is 0 Å². The monoisotopic (exact) mass is 246 g/mol. The summed E-state index contributed by atoms with van der Waals surface area (Å²) in [7, 11) is 4.03. The van der Waals surface area contributed by atoms with Gasteiger partial charge in [-0.1, -0.05) is 23.2 Å². The smallest absolute Gasteiger partial charge is 0.168 e.